The second kappa shape index (κ2) is 10.3. The third kappa shape index (κ3) is 5.42. The molecule has 33 heavy (non-hydrogen) atoms. The molecule has 2 fully saturated rings. The van der Waals surface area contributed by atoms with Crippen LogP contribution in [0.4, 0.5) is 10.1 Å². The highest BCUT2D eigenvalue weighted by molar-refractivity contribution is 6.44. The Labute approximate surface area is 202 Å². The molecule has 0 aromatic heterocycles. The number of benzene rings is 2. The van der Waals surface area contributed by atoms with Crippen molar-refractivity contribution >= 4 is 40.7 Å². The van der Waals surface area contributed by atoms with E-state index in [9.17, 15) is 14.0 Å². The zero-order valence-electron chi connectivity index (χ0n) is 18.2. The molecule has 9 heteroatoms. The van der Waals surface area contributed by atoms with Gasteiger partial charge >= 0.3 is 0 Å². The second-order valence-corrected chi connectivity index (χ2v) is 9.34. The summed E-state index contributed by atoms with van der Waals surface area (Å²) in [6.45, 7) is 0.253. The Hall–Kier alpha value is -2.35. The molecule has 2 aromatic rings. The molecule has 0 saturated carbocycles. The fourth-order valence-electron chi connectivity index (χ4n) is 4.89. The van der Waals surface area contributed by atoms with Gasteiger partial charge in [-0.1, -0.05) is 35.7 Å². The molecule has 176 valence electrons. The van der Waals surface area contributed by atoms with E-state index >= 15 is 0 Å². The lowest BCUT2D eigenvalue weighted by molar-refractivity contribution is -0.120. The van der Waals surface area contributed by atoms with Crippen LogP contribution in [0.2, 0.25) is 10.0 Å². The van der Waals surface area contributed by atoms with Crippen LogP contribution in [0.1, 0.15) is 42.5 Å². The van der Waals surface area contributed by atoms with Gasteiger partial charge in [-0.15, -0.1) is 0 Å². The van der Waals surface area contributed by atoms with Gasteiger partial charge in [-0.2, -0.15) is 0 Å². The van der Waals surface area contributed by atoms with Gasteiger partial charge in [0.15, 0.2) is 11.6 Å². The highest BCUT2D eigenvalue weighted by atomic mass is 35.5. The molecule has 2 aromatic carbocycles. The van der Waals surface area contributed by atoms with Gasteiger partial charge in [0.1, 0.15) is 0 Å². The summed E-state index contributed by atoms with van der Waals surface area (Å²) in [5.74, 6) is -0.914. The van der Waals surface area contributed by atoms with Gasteiger partial charge in [-0.05, 0) is 56.0 Å². The van der Waals surface area contributed by atoms with Crippen molar-refractivity contribution in [3.8, 4) is 5.75 Å². The van der Waals surface area contributed by atoms with E-state index in [4.69, 9.17) is 27.9 Å². The molecule has 2 N–H and O–H groups in total. The van der Waals surface area contributed by atoms with Crippen LogP contribution < -0.4 is 15.4 Å². The smallest absolute Gasteiger partial charge is 0.251 e. The summed E-state index contributed by atoms with van der Waals surface area (Å²) in [5.41, 5.74) is 0.756. The maximum Gasteiger partial charge on any atom is 0.251 e. The summed E-state index contributed by atoms with van der Waals surface area (Å²) in [6, 6.07) is 9.67. The first-order valence-corrected chi connectivity index (χ1v) is 11.7. The average molecular weight is 494 g/mol. The summed E-state index contributed by atoms with van der Waals surface area (Å²) < 4.78 is 18.9. The molecule has 2 atom stereocenters. The molecule has 6 nitrogen and oxygen atoms in total. The molecule has 2 heterocycles. The normalized spacial score (nSPS) is 22.5. The number of rotatable bonds is 6. The fourth-order valence-corrected chi connectivity index (χ4v) is 5.23. The third-order valence-corrected chi connectivity index (χ3v) is 7.25. The second-order valence-electron chi connectivity index (χ2n) is 8.55. The van der Waals surface area contributed by atoms with E-state index < -0.39 is 5.82 Å². The summed E-state index contributed by atoms with van der Waals surface area (Å²) >= 11 is 12.2. The van der Waals surface area contributed by atoms with Gasteiger partial charge in [-0.25, -0.2) is 4.39 Å². The molecule has 2 aliphatic heterocycles. The van der Waals surface area contributed by atoms with Crippen LogP contribution in [0, 0.1) is 5.82 Å². The summed E-state index contributed by atoms with van der Waals surface area (Å²) in [4.78, 5) is 27.6. The number of fused-ring (bicyclic) bond motifs is 2. The maximum atomic E-state index is 14.0. The Balaban J connectivity index is 1.37. The van der Waals surface area contributed by atoms with Crippen LogP contribution in [-0.2, 0) is 4.79 Å². The Morgan fingerprint density at radius 2 is 1.88 bits per heavy atom. The summed E-state index contributed by atoms with van der Waals surface area (Å²) in [6.07, 6.45) is 4.51. The Morgan fingerprint density at radius 3 is 2.55 bits per heavy atom. The minimum absolute atomic E-state index is 0.0281. The fraction of sp³-hybridized carbons (Fsp3) is 0.417. The van der Waals surface area contributed by atoms with Crippen molar-refractivity contribution in [2.24, 2.45) is 0 Å². The van der Waals surface area contributed by atoms with Gasteiger partial charge in [0.25, 0.3) is 5.91 Å². The van der Waals surface area contributed by atoms with E-state index in [1.165, 1.54) is 19.2 Å². The lowest BCUT2D eigenvalue weighted by Crippen LogP contribution is -2.58. The predicted molar refractivity (Wildman–Crippen MR) is 127 cm³/mol. The van der Waals surface area contributed by atoms with E-state index in [2.05, 4.69) is 15.5 Å². The lowest BCUT2D eigenvalue weighted by atomic mass is 9.81. The SMILES string of the molecule is COc1ccc(C(=O)NC2CC3CCCC(C2)N3CC(=O)Nc2cccc(Cl)c2Cl)cc1F. The number of piperidine rings is 2. The molecule has 2 bridgehead atoms. The number of nitrogens with one attached hydrogen (secondary N) is 2. The highest BCUT2D eigenvalue weighted by Gasteiger charge is 2.39. The topological polar surface area (TPSA) is 70.7 Å². The van der Waals surface area contributed by atoms with E-state index in [0.717, 1.165) is 32.1 Å². The molecule has 2 unspecified atom stereocenters. The molecular weight excluding hydrogens is 468 g/mol. The zero-order valence-corrected chi connectivity index (χ0v) is 19.8. The number of halogens is 3. The van der Waals surface area contributed by atoms with Gasteiger partial charge in [0.2, 0.25) is 5.91 Å². The van der Waals surface area contributed by atoms with E-state index in [-0.39, 0.29) is 47.8 Å². The first kappa shape index (κ1) is 23.8. The molecule has 4 rings (SSSR count). The number of amides is 2. The van der Waals surface area contributed by atoms with Crippen molar-refractivity contribution in [3.63, 3.8) is 0 Å². The highest BCUT2D eigenvalue weighted by Crippen LogP contribution is 2.35. The maximum absolute atomic E-state index is 14.0. The molecule has 0 aliphatic carbocycles. The van der Waals surface area contributed by atoms with Crippen molar-refractivity contribution in [1.82, 2.24) is 10.2 Å². The Morgan fingerprint density at radius 1 is 1.15 bits per heavy atom. The lowest BCUT2D eigenvalue weighted by Gasteiger charge is -2.48. The van der Waals surface area contributed by atoms with Gasteiger partial charge in [-0.3, -0.25) is 14.5 Å². The van der Waals surface area contributed by atoms with Crippen LogP contribution in [0.15, 0.2) is 36.4 Å². The predicted octanol–water partition coefficient (Wildman–Crippen LogP) is 4.90. The monoisotopic (exact) mass is 493 g/mol. The van der Waals surface area contributed by atoms with Crippen LogP contribution >= 0.6 is 23.2 Å². The summed E-state index contributed by atoms with van der Waals surface area (Å²) in [7, 11) is 1.38. The number of carbonyl (C=O) groups is 2. The number of anilines is 1. The molecular formula is C24H26Cl2FN3O3. The minimum Gasteiger partial charge on any atom is -0.494 e. The van der Waals surface area contributed by atoms with Crippen LogP contribution in [0.25, 0.3) is 0 Å². The van der Waals surface area contributed by atoms with E-state index in [0.29, 0.717) is 15.7 Å². The van der Waals surface area contributed by atoms with E-state index in [1.54, 1.807) is 24.3 Å². The van der Waals surface area contributed by atoms with Crippen LogP contribution in [0.3, 0.4) is 0 Å². The first-order valence-electron chi connectivity index (χ1n) is 11.0. The molecule has 2 aliphatic rings. The van der Waals surface area contributed by atoms with E-state index in [1.807, 2.05) is 0 Å². The van der Waals surface area contributed by atoms with Crippen LogP contribution in [-0.4, -0.2) is 48.5 Å². The zero-order chi connectivity index (χ0) is 23.5. The van der Waals surface area contributed by atoms with Crippen molar-refractivity contribution in [2.75, 3.05) is 19.0 Å². The molecule has 2 amide bonds. The van der Waals surface area contributed by atoms with Crippen molar-refractivity contribution in [1.29, 1.82) is 0 Å². The quantitative estimate of drug-likeness (QED) is 0.600. The standard InChI is InChI=1S/C24H26Cl2FN3O3/c1-33-21-9-8-14(10-19(21)27)24(32)28-15-11-16-4-2-5-17(12-15)30(16)13-22(31)29-20-7-3-6-18(25)23(20)26/h3,6-10,15-17H,2,4-5,11-13H2,1H3,(H,28,32)(H,29,31). The van der Waals surface area contributed by atoms with Gasteiger partial charge in [0.05, 0.1) is 29.4 Å². The molecule has 2 saturated heterocycles. The number of hydrogen-bond donors (Lipinski definition) is 2. The Bertz CT molecular complexity index is 1040. The van der Waals surface area contributed by atoms with Gasteiger partial charge in [0, 0.05) is 23.7 Å². The number of carbonyl (C=O) groups excluding carboxylic acids is 2. The number of ether oxygens (including phenoxy) is 1. The third-order valence-electron chi connectivity index (χ3n) is 6.43. The first-order chi connectivity index (χ1) is 15.9. The van der Waals surface area contributed by atoms with Crippen molar-refractivity contribution in [3.05, 3.63) is 57.8 Å². The number of hydrogen-bond acceptors (Lipinski definition) is 4. The van der Waals surface area contributed by atoms with Crippen molar-refractivity contribution < 1.29 is 18.7 Å². The Kier molecular flexibility index (Phi) is 7.41. The molecule has 0 spiro atoms. The van der Waals surface area contributed by atoms with Crippen molar-refractivity contribution in [2.45, 2.75) is 50.2 Å². The largest absolute Gasteiger partial charge is 0.494 e. The number of methoxy groups -OCH3 is 1. The summed E-state index contributed by atoms with van der Waals surface area (Å²) in [5, 5.41) is 6.62. The number of nitrogens with zero attached hydrogens (tertiary/aromatic N) is 1. The van der Waals surface area contributed by atoms with Gasteiger partial charge < -0.3 is 15.4 Å². The van der Waals surface area contributed by atoms with Crippen LogP contribution in [0.5, 0.6) is 5.75 Å². The average Bonchev–Trinajstić information content (AvgIpc) is 2.77. The minimum atomic E-state index is -0.567. The molecule has 0 radical (unpaired) electrons.